The van der Waals surface area contributed by atoms with Crippen LogP contribution in [0.4, 0.5) is 5.69 Å². The fourth-order valence-corrected chi connectivity index (χ4v) is 3.42. The number of carbonyl (C=O) groups is 2. The first-order valence-corrected chi connectivity index (χ1v) is 7.86. The Balaban J connectivity index is 1.71. The van der Waals surface area contributed by atoms with Crippen molar-refractivity contribution in [3.8, 4) is 0 Å². The molecular weight excluding hydrogens is 264 g/mol. The summed E-state index contributed by atoms with van der Waals surface area (Å²) in [6, 6.07) is 5.84. The first-order chi connectivity index (χ1) is 10.1. The van der Waals surface area contributed by atoms with Gasteiger partial charge in [0.1, 0.15) is 0 Å². The van der Waals surface area contributed by atoms with Crippen LogP contribution in [0.25, 0.3) is 0 Å². The lowest BCUT2D eigenvalue weighted by Crippen LogP contribution is -2.34. The largest absolute Gasteiger partial charge is 0.328 e. The Labute approximate surface area is 125 Å². The Morgan fingerprint density at radius 2 is 2.05 bits per heavy atom. The molecule has 4 heteroatoms. The number of fused-ring (bicyclic) bond motifs is 1. The van der Waals surface area contributed by atoms with Crippen molar-refractivity contribution in [3.05, 3.63) is 29.3 Å². The molecule has 0 radical (unpaired) electrons. The van der Waals surface area contributed by atoms with Gasteiger partial charge in [-0.2, -0.15) is 0 Å². The highest BCUT2D eigenvalue weighted by atomic mass is 16.2. The number of aryl methyl sites for hydroxylation is 1. The van der Waals surface area contributed by atoms with Crippen LogP contribution < -0.4 is 11.1 Å². The van der Waals surface area contributed by atoms with Gasteiger partial charge in [-0.25, -0.2) is 0 Å². The van der Waals surface area contributed by atoms with E-state index in [0.29, 0.717) is 6.42 Å². The fraction of sp³-hybridized carbons (Fsp3) is 0.529. The quantitative estimate of drug-likeness (QED) is 0.878. The third kappa shape index (κ3) is 3.16. The van der Waals surface area contributed by atoms with Crippen LogP contribution in [0.5, 0.6) is 0 Å². The molecule has 2 aliphatic rings. The Morgan fingerprint density at radius 3 is 2.86 bits per heavy atom. The summed E-state index contributed by atoms with van der Waals surface area (Å²) in [5.41, 5.74) is 8.55. The van der Waals surface area contributed by atoms with Gasteiger partial charge in [0, 0.05) is 29.6 Å². The number of anilines is 1. The first-order valence-electron chi connectivity index (χ1n) is 7.86. The molecule has 3 rings (SSSR count). The van der Waals surface area contributed by atoms with E-state index >= 15 is 0 Å². The van der Waals surface area contributed by atoms with Gasteiger partial charge in [-0.3, -0.25) is 9.59 Å². The number of benzene rings is 1. The van der Waals surface area contributed by atoms with Gasteiger partial charge in [-0.15, -0.1) is 0 Å². The molecular formula is C17H22N2O2. The van der Waals surface area contributed by atoms with E-state index in [0.717, 1.165) is 55.3 Å². The molecule has 0 aliphatic heterocycles. The maximum Gasteiger partial charge on any atom is 0.227 e. The zero-order valence-corrected chi connectivity index (χ0v) is 12.2. The lowest BCUT2D eigenvalue weighted by atomic mass is 9.85. The normalized spacial score (nSPS) is 25.3. The lowest BCUT2D eigenvalue weighted by molar-refractivity contribution is -0.120. The van der Waals surface area contributed by atoms with Crippen molar-refractivity contribution in [2.75, 3.05) is 5.32 Å². The molecule has 0 bridgehead atoms. The molecule has 4 nitrogen and oxygen atoms in total. The smallest absolute Gasteiger partial charge is 0.227 e. The molecule has 1 aromatic carbocycles. The first kappa shape index (κ1) is 14.3. The summed E-state index contributed by atoms with van der Waals surface area (Å²) in [5.74, 6) is 0.223. The minimum Gasteiger partial charge on any atom is -0.328 e. The Morgan fingerprint density at radius 1 is 1.19 bits per heavy atom. The number of hydrogen-bond acceptors (Lipinski definition) is 3. The van der Waals surface area contributed by atoms with E-state index in [1.54, 1.807) is 0 Å². The third-order valence-electron chi connectivity index (χ3n) is 4.61. The Bertz CT molecular complexity index is 568. The zero-order valence-electron chi connectivity index (χ0n) is 12.2. The van der Waals surface area contributed by atoms with Crippen LogP contribution in [0.2, 0.25) is 0 Å². The minimum atomic E-state index is 0.000448. The molecule has 1 aromatic rings. The number of nitrogens with one attached hydrogen (secondary N) is 1. The monoisotopic (exact) mass is 286 g/mol. The standard InChI is InChI=1S/C17H22N2O2/c18-13-5-1-4-12(9-13)17(21)19-14-8-7-11-3-2-6-16(20)15(11)10-14/h7-8,10,12-13H,1-6,9,18H2,(H,19,21). The van der Waals surface area contributed by atoms with E-state index in [2.05, 4.69) is 5.32 Å². The summed E-state index contributed by atoms with van der Waals surface area (Å²) in [7, 11) is 0. The summed E-state index contributed by atoms with van der Waals surface area (Å²) in [6.45, 7) is 0. The Hall–Kier alpha value is -1.68. The molecule has 3 N–H and O–H groups in total. The van der Waals surface area contributed by atoms with E-state index in [1.165, 1.54) is 0 Å². The zero-order chi connectivity index (χ0) is 14.8. The molecule has 21 heavy (non-hydrogen) atoms. The van der Waals surface area contributed by atoms with Crippen molar-refractivity contribution < 1.29 is 9.59 Å². The van der Waals surface area contributed by atoms with Crippen molar-refractivity contribution in [2.24, 2.45) is 11.7 Å². The molecule has 0 spiro atoms. The van der Waals surface area contributed by atoms with Crippen molar-refractivity contribution in [1.29, 1.82) is 0 Å². The highest BCUT2D eigenvalue weighted by Gasteiger charge is 2.25. The summed E-state index contributed by atoms with van der Waals surface area (Å²) in [5, 5.41) is 2.96. The van der Waals surface area contributed by atoms with E-state index in [-0.39, 0.29) is 23.7 Å². The second kappa shape index (κ2) is 5.98. The Kier molecular flexibility index (Phi) is 4.06. The van der Waals surface area contributed by atoms with Gasteiger partial charge >= 0.3 is 0 Å². The number of ketones is 1. The molecule has 112 valence electrons. The van der Waals surface area contributed by atoms with Crippen molar-refractivity contribution in [1.82, 2.24) is 0 Å². The van der Waals surface area contributed by atoms with E-state index in [4.69, 9.17) is 5.73 Å². The van der Waals surface area contributed by atoms with Gasteiger partial charge in [0.15, 0.2) is 5.78 Å². The molecule has 2 aliphatic carbocycles. The number of amides is 1. The maximum absolute atomic E-state index is 12.3. The predicted octanol–water partition coefficient (Wildman–Crippen LogP) is 2.66. The van der Waals surface area contributed by atoms with Crippen LogP contribution in [-0.4, -0.2) is 17.7 Å². The molecule has 2 atom stereocenters. The highest BCUT2D eigenvalue weighted by molar-refractivity contribution is 6.00. The summed E-state index contributed by atoms with van der Waals surface area (Å²) < 4.78 is 0. The molecule has 0 saturated heterocycles. The molecule has 1 fully saturated rings. The van der Waals surface area contributed by atoms with E-state index in [1.807, 2.05) is 18.2 Å². The number of rotatable bonds is 2. The number of carbonyl (C=O) groups excluding carboxylic acids is 2. The molecule has 2 unspecified atom stereocenters. The fourth-order valence-electron chi connectivity index (χ4n) is 3.42. The molecule has 0 heterocycles. The van der Waals surface area contributed by atoms with Gasteiger partial charge in [-0.05, 0) is 49.8 Å². The number of hydrogen-bond donors (Lipinski definition) is 2. The van der Waals surface area contributed by atoms with Gasteiger partial charge < -0.3 is 11.1 Å². The minimum absolute atomic E-state index is 0.000448. The van der Waals surface area contributed by atoms with Crippen LogP contribution in [-0.2, 0) is 11.2 Å². The second-order valence-corrected chi connectivity index (χ2v) is 6.26. The van der Waals surface area contributed by atoms with E-state index in [9.17, 15) is 9.59 Å². The summed E-state index contributed by atoms with van der Waals surface area (Å²) >= 11 is 0. The molecule has 1 amide bonds. The number of Topliss-reactive ketones (excluding diaryl/α,β-unsaturated/α-hetero) is 1. The predicted molar refractivity (Wildman–Crippen MR) is 82.3 cm³/mol. The van der Waals surface area contributed by atoms with Crippen LogP contribution in [0, 0.1) is 5.92 Å². The average Bonchev–Trinajstić information content (AvgIpc) is 2.48. The highest BCUT2D eigenvalue weighted by Crippen LogP contribution is 2.27. The van der Waals surface area contributed by atoms with Gasteiger partial charge in [-0.1, -0.05) is 12.5 Å². The number of nitrogens with two attached hydrogens (primary N) is 1. The second-order valence-electron chi connectivity index (χ2n) is 6.26. The summed E-state index contributed by atoms with van der Waals surface area (Å²) in [4.78, 5) is 24.3. The van der Waals surface area contributed by atoms with Crippen LogP contribution in [0.1, 0.15) is 54.4 Å². The van der Waals surface area contributed by atoms with Crippen LogP contribution in [0.3, 0.4) is 0 Å². The van der Waals surface area contributed by atoms with Crippen molar-refractivity contribution >= 4 is 17.4 Å². The summed E-state index contributed by atoms with van der Waals surface area (Å²) in [6.07, 6.45) is 6.18. The third-order valence-corrected chi connectivity index (χ3v) is 4.61. The van der Waals surface area contributed by atoms with Crippen LogP contribution >= 0.6 is 0 Å². The van der Waals surface area contributed by atoms with E-state index < -0.39 is 0 Å². The van der Waals surface area contributed by atoms with Gasteiger partial charge in [0.2, 0.25) is 5.91 Å². The topological polar surface area (TPSA) is 72.2 Å². The van der Waals surface area contributed by atoms with Crippen LogP contribution in [0.15, 0.2) is 18.2 Å². The molecule has 0 aromatic heterocycles. The van der Waals surface area contributed by atoms with Gasteiger partial charge in [0.25, 0.3) is 0 Å². The van der Waals surface area contributed by atoms with Crippen molar-refractivity contribution in [2.45, 2.75) is 51.0 Å². The lowest BCUT2D eigenvalue weighted by Gasteiger charge is -2.26. The average molecular weight is 286 g/mol. The van der Waals surface area contributed by atoms with Gasteiger partial charge in [0.05, 0.1) is 0 Å². The van der Waals surface area contributed by atoms with Crippen molar-refractivity contribution in [3.63, 3.8) is 0 Å². The maximum atomic E-state index is 12.3. The molecule has 1 saturated carbocycles. The SMILES string of the molecule is NC1CCCC(C(=O)Nc2ccc3c(c2)C(=O)CCC3)C1.